The fourth-order valence-corrected chi connectivity index (χ4v) is 3.11. The lowest BCUT2D eigenvalue weighted by molar-refractivity contribution is -0.122. The minimum atomic E-state index is -0.387. The fourth-order valence-electron chi connectivity index (χ4n) is 3.11. The van der Waals surface area contributed by atoms with Crippen molar-refractivity contribution in [2.45, 2.75) is 77.3 Å². The molecule has 0 atom stereocenters. The summed E-state index contributed by atoms with van der Waals surface area (Å²) < 4.78 is 0. The molecule has 0 aromatic rings. The monoisotopic (exact) mass is 323 g/mol. The van der Waals surface area contributed by atoms with Gasteiger partial charge in [0.15, 0.2) is 0 Å². The molecule has 0 aromatic carbocycles. The van der Waals surface area contributed by atoms with Crippen LogP contribution in [0.1, 0.15) is 66.2 Å². The van der Waals surface area contributed by atoms with Gasteiger partial charge in [0.25, 0.3) is 5.91 Å². The molecular formula is C18H33N3O2. The van der Waals surface area contributed by atoms with Crippen LogP contribution in [0.4, 0.5) is 0 Å². The lowest BCUT2D eigenvalue weighted by Crippen LogP contribution is -2.57. The molecule has 0 unspecified atom stereocenters. The standard InChI is InChI=1S/C18H33N3O2/c1-5-6-7-11-20-14-21(17(2,3)4)12-15(20)16(23)19-18(13-22)9-8-10-18/h12,22H,5-11,13-14H2,1-4H3,(H,19,23). The Kier molecular flexibility index (Phi) is 5.61. The van der Waals surface area contributed by atoms with Crippen LogP contribution in [0.25, 0.3) is 0 Å². The summed E-state index contributed by atoms with van der Waals surface area (Å²) in [4.78, 5) is 17.2. The molecule has 2 rings (SSSR count). The van der Waals surface area contributed by atoms with Crippen LogP contribution in [-0.2, 0) is 4.79 Å². The third-order valence-corrected chi connectivity index (χ3v) is 5.06. The molecule has 1 saturated carbocycles. The number of unbranched alkanes of at least 4 members (excludes halogenated alkanes) is 2. The molecule has 0 aromatic heterocycles. The Hall–Kier alpha value is -1.23. The third kappa shape index (κ3) is 4.19. The first-order chi connectivity index (χ1) is 10.8. The van der Waals surface area contributed by atoms with Crippen LogP contribution in [0.15, 0.2) is 11.9 Å². The van der Waals surface area contributed by atoms with Crippen molar-refractivity contribution in [3.05, 3.63) is 11.9 Å². The average Bonchev–Trinajstić information content (AvgIpc) is 2.87. The van der Waals surface area contributed by atoms with E-state index in [2.05, 4.69) is 42.8 Å². The predicted molar refractivity (Wildman–Crippen MR) is 92.6 cm³/mol. The Bertz CT molecular complexity index is 444. The van der Waals surface area contributed by atoms with Gasteiger partial charge in [-0.2, -0.15) is 0 Å². The Morgan fingerprint density at radius 2 is 2.04 bits per heavy atom. The number of hydrogen-bond acceptors (Lipinski definition) is 4. The molecule has 0 radical (unpaired) electrons. The van der Waals surface area contributed by atoms with Gasteiger partial charge in [-0.1, -0.05) is 19.8 Å². The van der Waals surface area contributed by atoms with Gasteiger partial charge >= 0.3 is 0 Å². The highest BCUT2D eigenvalue weighted by Crippen LogP contribution is 2.32. The quantitative estimate of drug-likeness (QED) is 0.707. The van der Waals surface area contributed by atoms with E-state index < -0.39 is 0 Å². The van der Waals surface area contributed by atoms with Crippen LogP contribution in [0.2, 0.25) is 0 Å². The zero-order valence-corrected chi connectivity index (χ0v) is 15.2. The maximum atomic E-state index is 12.8. The minimum absolute atomic E-state index is 0.00380. The Balaban J connectivity index is 2.07. The van der Waals surface area contributed by atoms with Crippen molar-refractivity contribution in [3.8, 4) is 0 Å². The number of carbonyl (C=O) groups excluding carboxylic acids is 1. The van der Waals surface area contributed by atoms with Crippen molar-refractivity contribution in [3.63, 3.8) is 0 Å². The largest absolute Gasteiger partial charge is 0.394 e. The molecule has 1 aliphatic carbocycles. The van der Waals surface area contributed by atoms with Crippen molar-refractivity contribution in [2.75, 3.05) is 19.8 Å². The first-order valence-corrected chi connectivity index (χ1v) is 8.98. The molecule has 5 nitrogen and oxygen atoms in total. The number of aliphatic hydroxyl groups is 1. The molecule has 1 amide bonds. The van der Waals surface area contributed by atoms with E-state index in [0.717, 1.165) is 44.6 Å². The average molecular weight is 323 g/mol. The zero-order valence-electron chi connectivity index (χ0n) is 15.2. The smallest absolute Gasteiger partial charge is 0.269 e. The number of aliphatic hydroxyl groups excluding tert-OH is 1. The maximum absolute atomic E-state index is 12.8. The number of nitrogens with one attached hydrogen (secondary N) is 1. The summed E-state index contributed by atoms with van der Waals surface area (Å²) in [7, 11) is 0. The van der Waals surface area contributed by atoms with E-state index in [0.29, 0.717) is 0 Å². The fraction of sp³-hybridized carbons (Fsp3) is 0.833. The van der Waals surface area contributed by atoms with E-state index in [9.17, 15) is 9.90 Å². The molecule has 23 heavy (non-hydrogen) atoms. The number of rotatable bonds is 7. The number of nitrogens with zero attached hydrogens (tertiary/aromatic N) is 2. The normalized spacial score (nSPS) is 20.3. The summed E-state index contributed by atoms with van der Waals surface area (Å²) in [5.74, 6) is -0.0398. The van der Waals surface area contributed by atoms with Crippen molar-refractivity contribution < 1.29 is 9.90 Å². The van der Waals surface area contributed by atoms with E-state index in [1.165, 1.54) is 12.8 Å². The molecule has 2 N–H and O–H groups in total. The zero-order chi connectivity index (χ0) is 17.1. The second-order valence-electron chi connectivity index (χ2n) is 8.01. The minimum Gasteiger partial charge on any atom is -0.394 e. The second kappa shape index (κ2) is 7.12. The summed E-state index contributed by atoms with van der Waals surface area (Å²) in [6, 6.07) is 0. The highest BCUT2D eigenvalue weighted by atomic mass is 16.3. The number of hydrogen-bond donors (Lipinski definition) is 2. The second-order valence-corrected chi connectivity index (χ2v) is 8.01. The van der Waals surface area contributed by atoms with Crippen LogP contribution >= 0.6 is 0 Å². The molecule has 1 aliphatic heterocycles. The lowest BCUT2D eigenvalue weighted by Gasteiger charge is -2.41. The summed E-state index contributed by atoms with van der Waals surface area (Å²) >= 11 is 0. The Morgan fingerprint density at radius 1 is 1.35 bits per heavy atom. The molecule has 132 valence electrons. The summed E-state index contributed by atoms with van der Waals surface area (Å²) in [6.07, 6.45) is 8.28. The van der Waals surface area contributed by atoms with Gasteiger partial charge in [-0.05, 0) is 46.5 Å². The van der Waals surface area contributed by atoms with Crippen LogP contribution < -0.4 is 5.32 Å². The molecule has 2 aliphatic rings. The van der Waals surface area contributed by atoms with E-state index >= 15 is 0 Å². The summed E-state index contributed by atoms with van der Waals surface area (Å²) in [5.41, 5.74) is 0.356. The van der Waals surface area contributed by atoms with Crippen LogP contribution in [-0.4, -0.2) is 51.7 Å². The molecule has 0 spiro atoms. The van der Waals surface area contributed by atoms with Crippen molar-refractivity contribution in [1.29, 1.82) is 0 Å². The molecule has 1 heterocycles. The van der Waals surface area contributed by atoms with Gasteiger partial charge in [0.2, 0.25) is 0 Å². The molecular weight excluding hydrogens is 290 g/mol. The first-order valence-electron chi connectivity index (χ1n) is 8.98. The molecule has 0 saturated heterocycles. The van der Waals surface area contributed by atoms with Crippen molar-refractivity contribution >= 4 is 5.91 Å². The van der Waals surface area contributed by atoms with E-state index in [1.54, 1.807) is 0 Å². The SMILES string of the molecule is CCCCCN1CN(C(C)(C)C)C=C1C(=O)NC1(CO)CCC1. The summed E-state index contributed by atoms with van der Waals surface area (Å²) in [5, 5.41) is 12.7. The van der Waals surface area contributed by atoms with Gasteiger partial charge in [-0.15, -0.1) is 0 Å². The molecule has 1 fully saturated rings. The molecule has 5 heteroatoms. The number of carbonyl (C=O) groups is 1. The van der Waals surface area contributed by atoms with Gasteiger partial charge in [0.1, 0.15) is 5.70 Å². The maximum Gasteiger partial charge on any atom is 0.269 e. The Labute approximate surface area is 140 Å². The van der Waals surface area contributed by atoms with Gasteiger partial charge in [0, 0.05) is 18.3 Å². The van der Waals surface area contributed by atoms with Crippen LogP contribution in [0.5, 0.6) is 0 Å². The molecule has 0 bridgehead atoms. The highest BCUT2D eigenvalue weighted by Gasteiger charge is 2.40. The van der Waals surface area contributed by atoms with Crippen molar-refractivity contribution in [2.24, 2.45) is 0 Å². The topological polar surface area (TPSA) is 55.8 Å². The van der Waals surface area contributed by atoms with Gasteiger partial charge in [-0.3, -0.25) is 4.79 Å². The van der Waals surface area contributed by atoms with E-state index in [4.69, 9.17) is 0 Å². The van der Waals surface area contributed by atoms with E-state index in [1.807, 2.05) is 6.20 Å². The van der Waals surface area contributed by atoms with Gasteiger partial charge in [0.05, 0.1) is 18.8 Å². The lowest BCUT2D eigenvalue weighted by atomic mass is 9.77. The predicted octanol–water partition coefficient (Wildman–Crippen LogP) is 2.42. The van der Waals surface area contributed by atoms with Crippen LogP contribution in [0, 0.1) is 0 Å². The van der Waals surface area contributed by atoms with Crippen LogP contribution in [0.3, 0.4) is 0 Å². The van der Waals surface area contributed by atoms with Crippen molar-refractivity contribution in [1.82, 2.24) is 15.1 Å². The first kappa shape index (κ1) is 18.1. The van der Waals surface area contributed by atoms with E-state index in [-0.39, 0.29) is 23.6 Å². The summed E-state index contributed by atoms with van der Waals surface area (Å²) in [6.45, 7) is 10.4. The van der Waals surface area contributed by atoms with Gasteiger partial charge < -0.3 is 20.2 Å². The highest BCUT2D eigenvalue weighted by molar-refractivity contribution is 5.93. The van der Waals surface area contributed by atoms with Gasteiger partial charge in [-0.25, -0.2) is 0 Å². The Morgan fingerprint density at radius 3 is 2.52 bits per heavy atom. The third-order valence-electron chi connectivity index (χ3n) is 5.06. The number of amides is 1.